The van der Waals surface area contributed by atoms with Crippen molar-refractivity contribution in [2.45, 2.75) is 6.92 Å². The summed E-state index contributed by atoms with van der Waals surface area (Å²) in [7, 11) is 1.77. The summed E-state index contributed by atoms with van der Waals surface area (Å²) in [6, 6.07) is 16.9. The molecule has 132 valence electrons. The van der Waals surface area contributed by atoms with Gasteiger partial charge in [-0.15, -0.1) is 0 Å². The summed E-state index contributed by atoms with van der Waals surface area (Å²) < 4.78 is 0. The molecule has 0 fully saturated rings. The molecule has 0 aliphatic rings. The van der Waals surface area contributed by atoms with Gasteiger partial charge in [-0.25, -0.2) is 0 Å². The van der Waals surface area contributed by atoms with E-state index in [-0.39, 0.29) is 23.3 Å². The second kappa shape index (κ2) is 7.06. The van der Waals surface area contributed by atoms with Gasteiger partial charge in [0, 0.05) is 18.4 Å². The Labute approximate surface area is 150 Å². The monoisotopic (exact) mass is 350 g/mol. The lowest BCUT2D eigenvalue weighted by molar-refractivity contribution is -0.383. The van der Waals surface area contributed by atoms with E-state index in [1.807, 2.05) is 61.5 Å². The molecule has 0 atom stereocenters. The van der Waals surface area contributed by atoms with Gasteiger partial charge < -0.3 is 16.0 Å². The van der Waals surface area contributed by atoms with Crippen molar-refractivity contribution in [1.82, 2.24) is 9.97 Å². The quantitative estimate of drug-likeness (QED) is 0.532. The van der Waals surface area contributed by atoms with Crippen molar-refractivity contribution in [3.05, 3.63) is 70.3 Å². The lowest BCUT2D eigenvalue weighted by Crippen LogP contribution is -2.16. The molecule has 0 amide bonds. The van der Waals surface area contributed by atoms with E-state index in [0.29, 0.717) is 5.69 Å². The van der Waals surface area contributed by atoms with Crippen molar-refractivity contribution in [2.24, 2.45) is 0 Å². The van der Waals surface area contributed by atoms with E-state index in [9.17, 15) is 10.1 Å². The third kappa shape index (κ3) is 3.54. The van der Waals surface area contributed by atoms with E-state index < -0.39 is 4.92 Å². The molecule has 0 saturated heterocycles. The lowest BCUT2D eigenvalue weighted by atomic mass is 10.2. The molecule has 3 aromatic rings. The summed E-state index contributed by atoms with van der Waals surface area (Å²) in [4.78, 5) is 21.0. The van der Waals surface area contributed by atoms with Crippen LogP contribution in [0.4, 0.5) is 34.6 Å². The number of aromatic nitrogens is 2. The van der Waals surface area contributed by atoms with Gasteiger partial charge in [0.15, 0.2) is 0 Å². The molecule has 0 spiro atoms. The maximum Gasteiger partial charge on any atom is 0.353 e. The molecule has 0 saturated carbocycles. The average Bonchev–Trinajstić information content (AvgIpc) is 2.63. The van der Waals surface area contributed by atoms with Crippen molar-refractivity contribution >= 4 is 34.6 Å². The predicted octanol–water partition coefficient (Wildman–Crippen LogP) is 3.79. The molecule has 2 aromatic carbocycles. The fraction of sp³-hybridized carbons (Fsp3) is 0.111. The van der Waals surface area contributed by atoms with E-state index in [1.54, 1.807) is 11.9 Å². The predicted molar refractivity (Wildman–Crippen MR) is 102 cm³/mol. The number of aryl methyl sites for hydroxylation is 1. The highest BCUT2D eigenvalue weighted by molar-refractivity contribution is 5.75. The number of benzene rings is 2. The van der Waals surface area contributed by atoms with Crippen LogP contribution in [0.15, 0.2) is 54.6 Å². The minimum Gasteiger partial charge on any atom is -0.378 e. The first kappa shape index (κ1) is 17.2. The number of hydrogen-bond acceptors (Lipinski definition) is 7. The van der Waals surface area contributed by atoms with Crippen LogP contribution in [0.3, 0.4) is 0 Å². The minimum atomic E-state index is -0.585. The van der Waals surface area contributed by atoms with Crippen LogP contribution in [0.5, 0.6) is 0 Å². The molecular weight excluding hydrogens is 332 g/mol. The van der Waals surface area contributed by atoms with Gasteiger partial charge >= 0.3 is 5.69 Å². The van der Waals surface area contributed by atoms with E-state index in [4.69, 9.17) is 5.73 Å². The Morgan fingerprint density at radius 2 is 1.73 bits per heavy atom. The van der Waals surface area contributed by atoms with E-state index in [1.165, 1.54) is 0 Å². The number of nitrogens with one attached hydrogen (secondary N) is 1. The number of nitrogens with two attached hydrogens (primary N) is 1. The van der Waals surface area contributed by atoms with Gasteiger partial charge in [0.1, 0.15) is 0 Å². The molecule has 26 heavy (non-hydrogen) atoms. The molecular formula is C18H18N6O2. The van der Waals surface area contributed by atoms with E-state index >= 15 is 0 Å². The molecule has 0 radical (unpaired) electrons. The number of para-hydroxylation sites is 1. The molecule has 1 aromatic heterocycles. The van der Waals surface area contributed by atoms with Crippen LogP contribution in [0.2, 0.25) is 0 Å². The van der Waals surface area contributed by atoms with Crippen molar-refractivity contribution in [2.75, 3.05) is 23.0 Å². The van der Waals surface area contributed by atoms with Gasteiger partial charge in [0.05, 0.1) is 4.92 Å². The first-order chi connectivity index (χ1) is 12.5. The molecule has 0 bridgehead atoms. The highest BCUT2D eigenvalue weighted by Gasteiger charge is 2.24. The fourth-order valence-corrected chi connectivity index (χ4v) is 2.42. The van der Waals surface area contributed by atoms with Crippen molar-refractivity contribution in [1.29, 1.82) is 0 Å². The van der Waals surface area contributed by atoms with Crippen LogP contribution in [0.25, 0.3) is 0 Å². The standard InChI is InChI=1S/C18H18N6O2/c1-12-8-10-13(11-9-12)20-17-15(24(25)26)16(19)21-18(22-17)23(2)14-6-4-3-5-7-14/h3-11H,1-2H3,(H3,19,20,21,22). The Kier molecular flexibility index (Phi) is 4.66. The molecule has 3 rings (SSSR count). The zero-order chi connectivity index (χ0) is 18.7. The SMILES string of the molecule is Cc1ccc(Nc2nc(N(C)c3ccccc3)nc(N)c2[N+](=O)[O-])cc1. The summed E-state index contributed by atoms with van der Waals surface area (Å²) in [6.45, 7) is 1.96. The maximum atomic E-state index is 11.4. The summed E-state index contributed by atoms with van der Waals surface area (Å²) in [5.74, 6) is 0.107. The zero-order valence-electron chi connectivity index (χ0n) is 14.4. The zero-order valence-corrected chi connectivity index (χ0v) is 14.4. The van der Waals surface area contributed by atoms with Gasteiger partial charge in [0.2, 0.25) is 17.6 Å². The normalized spacial score (nSPS) is 10.4. The van der Waals surface area contributed by atoms with Crippen LogP contribution < -0.4 is 16.0 Å². The highest BCUT2D eigenvalue weighted by atomic mass is 16.6. The maximum absolute atomic E-state index is 11.4. The molecule has 0 aliphatic heterocycles. The van der Waals surface area contributed by atoms with Gasteiger partial charge in [-0.3, -0.25) is 10.1 Å². The molecule has 0 aliphatic carbocycles. The van der Waals surface area contributed by atoms with Gasteiger partial charge in [-0.05, 0) is 31.2 Å². The highest BCUT2D eigenvalue weighted by Crippen LogP contribution is 2.33. The molecule has 1 heterocycles. The molecule has 3 N–H and O–H groups in total. The summed E-state index contributed by atoms with van der Waals surface area (Å²) in [6.07, 6.45) is 0. The van der Waals surface area contributed by atoms with Gasteiger partial charge in [-0.1, -0.05) is 35.9 Å². The number of nitrogen functional groups attached to an aromatic ring is 1. The van der Waals surface area contributed by atoms with Crippen LogP contribution in [0, 0.1) is 17.0 Å². The average molecular weight is 350 g/mol. The second-order valence-electron chi connectivity index (χ2n) is 5.75. The van der Waals surface area contributed by atoms with Gasteiger partial charge in [0.25, 0.3) is 0 Å². The third-order valence-corrected chi connectivity index (χ3v) is 3.84. The van der Waals surface area contributed by atoms with Crippen LogP contribution in [0.1, 0.15) is 5.56 Å². The fourth-order valence-electron chi connectivity index (χ4n) is 2.42. The Morgan fingerprint density at radius 3 is 2.35 bits per heavy atom. The number of nitro groups is 1. The molecule has 0 unspecified atom stereocenters. The Bertz CT molecular complexity index is 928. The first-order valence-electron chi connectivity index (χ1n) is 7.90. The first-order valence-corrected chi connectivity index (χ1v) is 7.90. The molecule has 8 heteroatoms. The second-order valence-corrected chi connectivity index (χ2v) is 5.75. The van der Waals surface area contributed by atoms with Crippen LogP contribution in [-0.2, 0) is 0 Å². The summed E-state index contributed by atoms with van der Waals surface area (Å²) >= 11 is 0. The Morgan fingerprint density at radius 1 is 1.08 bits per heavy atom. The number of nitrogens with zero attached hydrogens (tertiary/aromatic N) is 4. The lowest BCUT2D eigenvalue weighted by Gasteiger charge is -2.18. The van der Waals surface area contributed by atoms with Crippen LogP contribution in [-0.4, -0.2) is 21.9 Å². The largest absolute Gasteiger partial charge is 0.378 e. The summed E-state index contributed by atoms with van der Waals surface area (Å²) in [5, 5.41) is 14.4. The smallest absolute Gasteiger partial charge is 0.353 e. The van der Waals surface area contributed by atoms with Gasteiger partial charge in [-0.2, -0.15) is 9.97 Å². The van der Waals surface area contributed by atoms with E-state index in [0.717, 1.165) is 11.3 Å². The number of hydrogen-bond donors (Lipinski definition) is 2. The van der Waals surface area contributed by atoms with E-state index in [2.05, 4.69) is 15.3 Å². The Hall–Kier alpha value is -3.68. The van der Waals surface area contributed by atoms with Crippen LogP contribution >= 0.6 is 0 Å². The van der Waals surface area contributed by atoms with Crippen molar-refractivity contribution < 1.29 is 4.92 Å². The Balaban J connectivity index is 2.04. The molecule has 8 nitrogen and oxygen atoms in total. The number of rotatable bonds is 5. The van der Waals surface area contributed by atoms with Crippen molar-refractivity contribution in [3.63, 3.8) is 0 Å². The minimum absolute atomic E-state index is 0.0455. The summed E-state index contributed by atoms with van der Waals surface area (Å²) in [5.41, 5.74) is 8.09. The van der Waals surface area contributed by atoms with Crippen molar-refractivity contribution in [3.8, 4) is 0 Å². The third-order valence-electron chi connectivity index (χ3n) is 3.84. The topological polar surface area (TPSA) is 110 Å². The number of anilines is 5.